The molecule has 4 aromatic carbocycles. The van der Waals surface area contributed by atoms with Crippen LogP contribution in [0.15, 0.2) is 83.8 Å². The number of amides is 1. The Hall–Kier alpha value is -4.62. The van der Waals surface area contributed by atoms with Crippen LogP contribution in [0.4, 0.5) is 27.6 Å². The minimum Gasteiger partial charge on any atom is -0.457 e. The van der Waals surface area contributed by atoms with Crippen LogP contribution in [-0.4, -0.2) is 37.2 Å². The van der Waals surface area contributed by atoms with Crippen LogP contribution in [0.3, 0.4) is 0 Å². The van der Waals surface area contributed by atoms with E-state index in [9.17, 15) is 40.0 Å². The van der Waals surface area contributed by atoms with Gasteiger partial charge in [0, 0.05) is 12.2 Å². The Morgan fingerprint density at radius 1 is 0.720 bits per heavy atom. The third-order valence-electron chi connectivity index (χ3n) is 9.28. The third-order valence-corrected chi connectivity index (χ3v) is 11.2. The van der Waals surface area contributed by atoms with Gasteiger partial charge in [-0.3, -0.25) is 4.79 Å². The summed E-state index contributed by atoms with van der Waals surface area (Å²) in [7, 11) is -5.35. The number of benzene rings is 4. The van der Waals surface area contributed by atoms with Gasteiger partial charge in [-0.2, -0.15) is 4.31 Å². The van der Waals surface area contributed by atoms with Crippen molar-refractivity contribution in [2.75, 3.05) is 11.4 Å². The lowest BCUT2D eigenvalue weighted by atomic mass is 9.84. The molecular formula is C37H33F5N2O5S. The highest BCUT2D eigenvalue weighted by molar-refractivity contribution is 7.89. The van der Waals surface area contributed by atoms with Crippen molar-refractivity contribution in [2.45, 2.75) is 68.5 Å². The summed E-state index contributed by atoms with van der Waals surface area (Å²) in [6, 6.07) is 21.1. The van der Waals surface area contributed by atoms with Crippen molar-refractivity contribution in [1.82, 2.24) is 4.31 Å². The molecule has 1 saturated heterocycles. The van der Waals surface area contributed by atoms with Crippen molar-refractivity contribution < 1.29 is 44.7 Å². The van der Waals surface area contributed by atoms with E-state index >= 15 is 0 Å². The van der Waals surface area contributed by atoms with Gasteiger partial charge in [0.2, 0.25) is 21.7 Å². The average molecular weight is 713 g/mol. The summed E-state index contributed by atoms with van der Waals surface area (Å²) < 4.78 is 103. The van der Waals surface area contributed by atoms with Gasteiger partial charge in [-0.05, 0) is 66.1 Å². The molecule has 7 nitrogen and oxygen atoms in total. The molecule has 4 aromatic rings. The van der Waals surface area contributed by atoms with Gasteiger partial charge in [-0.15, -0.1) is 0 Å². The Labute approximate surface area is 286 Å². The SMILES string of the molecule is O=C(OCc1ccccc1)c1ccc(N(Cc2ccc(C3CCCCC3)cc2)C(=O)[C@H]2CCN2S(=O)(=O)c2c(F)c(F)c(F)c(F)c2F)cc1. The molecule has 2 aliphatic rings. The fourth-order valence-corrected chi connectivity index (χ4v) is 8.14. The van der Waals surface area contributed by atoms with Crippen LogP contribution in [0.1, 0.15) is 71.5 Å². The lowest BCUT2D eigenvalue weighted by Crippen LogP contribution is -2.59. The van der Waals surface area contributed by atoms with Gasteiger partial charge in [-0.1, -0.05) is 73.9 Å². The van der Waals surface area contributed by atoms with E-state index in [4.69, 9.17) is 4.74 Å². The third kappa shape index (κ3) is 7.02. The first-order valence-corrected chi connectivity index (χ1v) is 17.7. The predicted octanol–water partition coefficient (Wildman–Crippen LogP) is 7.78. The number of halogens is 5. The van der Waals surface area contributed by atoms with Crippen LogP contribution < -0.4 is 4.90 Å². The molecule has 262 valence electrons. The number of hydrogen-bond donors (Lipinski definition) is 0. The van der Waals surface area contributed by atoms with E-state index < -0.39 is 68.5 Å². The van der Waals surface area contributed by atoms with Crippen LogP contribution in [0.5, 0.6) is 0 Å². The molecule has 1 amide bonds. The number of ether oxygens (including phenoxy) is 1. The first kappa shape index (κ1) is 35.2. The van der Waals surface area contributed by atoms with E-state index in [1.54, 1.807) is 12.1 Å². The van der Waals surface area contributed by atoms with E-state index in [1.807, 2.05) is 42.5 Å². The Kier molecular flexibility index (Phi) is 10.4. The number of nitrogens with zero attached hydrogens (tertiary/aromatic N) is 2. The predicted molar refractivity (Wildman–Crippen MR) is 174 cm³/mol. The average Bonchev–Trinajstić information content (AvgIpc) is 3.11. The molecule has 1 heterocycles. The van der Waals surface area contributed by atoms with Crippen molar-refractivity contribution in [2.24, 2.45) is 0 Å². The highest BCUT2D eigenvalue weighted by Crippen LogP contribution is 2.36. The number of anilines is 1. The molecule has 50 heavy (non-hydrogen) atoms. The van der Waals surface area contributed by atoms with Crippen LogP contribution in [0.25, 0.3) is 0 Å². The summed E-state index contributed by atoms with van der Waals surface area (Å²) in [5, 5.41) is 0. The quantitative estimate of drug-likeness (QED) is 0.0726. The molecule has 0 unspecified atom stereocenters. The smallest absolute Gasteiger partial charge is 0.338 e. The Morgan fingerprint density at radius 3 is 1.90 bits per heavy atom. The molecule has 13 heteroatoms. The van der Waals surface area contributed by atoms with E-state index in [2.05, 4.69) is 0 Å². The number of carbonyl (C=O) groups is 2. The molecular weight excluding hydrogens is 679 g/mol. The molecule has 0 N–H and O–H groups in total. The Morgan fingerprint density at radius 2 is 1.32 bits per heavy atom. The maximum atomic E-state index is 14.6. The summed E-state index contributed by atoms with van der Waals surface area (Å²) in [6.07, 6.45) is 5.59. The molecule has 1 saturated carbocycles. The molecule has 1 atom stereocenters. The van der Waals surface area contributed by atoms with Crippen LogP contribution in [0, 0.1) is 29.1 Å². The van der Waals surface area contributed by atoms with Crippen LogP contribution >= 0.6 is 0 Å². The second-order valence-corrected chi connectivity index (χ2v) is 14.3. The van der Waals surface area contributed by atoms with Gasteiger partial charge in [0.05, 0.1) is 12.1 Å². The number of rotatable bonds is 10. The van der Waals surface area contributed by atoms with E-state index in [0.717, 1.165) is 31.2 Å². The number of hydrogen-bond acceptors (Lipinski definition) is 5. The standard InChI is InChI=1S/C37H33F5N2O5S/c38-30-31(39)33(41)35(34(42)32(30)40)50(47,48)44-20-19-29(44)36(45)43(21-23-11-13-26(14-12-23)25-9-5-2-6-10-25)28-17-15-27(16-18-28)37(46)49-22-24-7-3-1-4-8-24/h1,3-4,7-8,11-18,25,29H,2,5-6,9-10,19-22H2/t29-/m1/s1. The van der Waals surface area contributed by atoms with Crippen molar-refractivity contribution in [3.63, 3.8) is 0 Å². The highest BCUT2D eigenvalue weighted by Gasteiger charge is 2.48. The minimum absolute atomic E-state index is 0.0396. The second kappa shape index (κ2) is 14.7. The summed E-state index contributed by atoms with van der Waals surface area (Å²) in [6.45, 7) is -0.402. The maximum absolute atomic E-state index is 14.6. The second-order valence-electron chi connectivity index (χ2n) is 12.4. The van der Waals surface area contributed by atoms with Gasteiger partial charge in [0.15, 0.2) is 28.2 Å². The lowest BCUT2D eigenvalue weighted by Gasteiger charge is -2.41. The molecule has 2 fully saturated rings. The lowest BCUT2D eigenvalue weighted by molar-refractivity contribution is -0.125. The maximum Gasteiger partial charge on any atom is 0.338 e. The summed E-state index contributed by atoms with van der Waals surface area (Å²) in [4.78, 5) is 26.1. The fourth-order valence-electron chi connectivity index (χ4n) is 6.40. The van der Waals surface area contributed by atoms with Gasteiger partial charge in [0.25, 0.3) is 0 Å². The monoisotopic (exact) mass is 712 g/mol. The normalized spacial score (nSPS) is 16.9. The van der Waals surface area contributed by atoms with Crippen LogP contribution in [-0.2, 0) is 32.7 Å². The van der Waals surface area contributed by atoms with Crippen molar-refractivity contribution in [1.29, 1.82) is 0 Å². The molecule has 1 aliphatic heterocycles. The number of carbonyl (C=O) groups excluding carboxylic acids is 2. The zero-order chi connectivity index (χ0) is 35.6. The zero-order valence-electron chi connectivity index (χ0n) is 26.8. The molecule has 0 aromatic heterocycles. The van der Waals surface area contributed by atoms with Crippen molar-refractivity contribution in [3.05, 3.63) is 130 Å². The van der Waals surface area contributed by atoms with Crippen molar-refractivity contribution >= 4 is 27.6 Å². The van der Waals surface area contributed by atoms with E-state index in [-0.39, 0.29) is 30.8 Å². The van der Waals surface area contributed by atoms with E-state index in [1.165, 1.54) is 41.1 Å². The zero-order valence-corrected chi connectivity index (χ0v) is 27.6. The molecule has 0 spiro atoms. The molecule has 0 radical (unpaired) electrons. The van der Waals surface area contributed by atoms with Gasteiger partial charge < -0.3 is 9.64 Å². The summed E-state index contributed by atoms with van der Waals surface area (Å²) in [5.74, 6) is -13.3. The minimum atomic E-state index is -5.35. The van der Waals surface area contributed by atoms with E-state index in [0.29, 0.717) is 15.8 Å². The van der Waals surface area contributed by atoms with Gasteiger partial charge in [0.1, 0.15) is 12.6 Å². The molecule has 6 rings (SSSR count). The largest absolute Gasteiger partial charge is 0.457 e. The molecule has 0 bridgehead atoms. The Balaban J connectivity index is 1.27. The van der Waals surface area contributed by atoms with Crippen molar-refractivity contribution in [3.8, 4) is 0 Å². The highest BCUT2D eigenvalue weighted by atomic mass is 32.2. The topological polar surface area (TPSA) is 84.0 Å². The summed E-state index contributed by atoms with van der Waals surface area (Å²) in [5.41, 5.74) is 3.11. The fraction of sp³-hybridized carbons (Fsp3) is 0.297. The van der Waals surface area contributed by atoms with Gasteiger partial charge in [-0.25, -0.2) is 35.2 Å². The Bertz CT molecular complexity index is 1960. The first-order valence-electron chi connectivity index (χ1n) is 16.2. The van der Waals surface area contributed by atoms with Gasteiger partial charge >= 0.3 is 5.97 Å². The number of esters is 1. The number of sulfonamides is 1. The molecule has 1 aliphatic carbocycles. The first-order chi connectivity index (χ1) is 24.0. The summed E-state index contributed by atoms with van der Waals surface area (Å²) >= 11 is 0. The van der Waals surface area contributed by atoms with Crippen LogP contribution in [0.2, 0.25) is 0 Å².